The standard InChI is InChI=1S/C24H24N4O4/c25-19-4-8-23(26-14-19)32-20-5-2-18(3-6-20)24(29)28-11-9-27(10-12-28)15-17-1-7-21-22(13-17)31-16-30-21/h1-8,13-14H,9-12,15-16,25H2. The summed E-state index contributed by atoms with van der Waals surface area (Å²) in [7, 11) is 0. The first kappa shape index (κ1) is 20.1. The van der Waals surface area contributed by atoms with Crippen molar-refractivity contribution in [2.75, 3.05) is 38.7 Å². The lowest BCUT2D eigenvalue weighted by atomic mass is 10.1. The molecule has 2 N–H and O–H groups in total. The molecule has 0 atom stereocenters. The number of rotatable bonds is 5. The molecule has 0 aliphatic carbocycles. The van der Waals surface area contributed by atoms with Gasteiger partial charge in [-0.05, 0) is 48.0 Å². The maximum Gasteiger partial charge on any atom is 0.253 e. The summed E-state index contributed by atoms with van der Waals surface area (Å²) in [6.45, 7) is 4.14. The zero-order chi connectivity index (χ0) is 21.9. The summed E-state index contributed by atoms with van der Waals surface area (Å²) >= 11 is 0. The van der Waals surface area contributed by atoms with Crippen LogP contribution in [0, 0.1) is 0 Å². The topological polar surface area (TPSA) is 90.2 Å². The smallest absolute Gasteiger partial charge is 0.253 e. The van der Waals surface area contributed by atoms with Gasteiger partial charge in [0, 0.05) is 44.4 Å². The maximum atomic E-state index is 12.9. The molecule has 2 aliphatic rings. The van der Waals surface area contributed by atoms with Crippen LogP contribution in [0.1, 0.15) is 15.9 Å². The highest BCUT2D eigenvalue weighted by molar-refractivity contribution is 5.94. The molecule has 1 amide bonds. The van der Waals surface area contributed by atoms with Crippen molar-refractivity contribution < 1.29 is 19.0 Å². The molecule has 3 aromatic rings. The number of aromatic nitrogens is 1. The van der Waals surface area contributed by atoms with E-state index in [1.807, 2.05) is 17.0 Å². The molecule has 0 spiro atoms. The van der Waals surface area contributed by atoms with E-state index in [4.69, 9.17) is 19.9 Å². The van der Waals surface area contributed by atoms with Gasteiger partial charge in [-0.15, -0.1) is 0 Å². The van der Waals surface area contributed by atoms with Crippen LogP contribution in [-0.4, -0.2) is 53.7 Å². The molecule has 0 bridgehead atoms. The first-order valence-corrected chi connectivity index (χ1v) is 10.5. The Morgan fingerprint density at radius 3 is 2.50 bits per heavy atom. The number of anilines is 1. The average Bonchev–Trinajstić information content (AvgIpc) is 3.29. The van der Waals surface area contributed by atoms with Crippen LogP contribution in [0.2, 0.25) is 0 Å². The van der Waals surface area contributed by atoms with E-state index in [9.17, 15) is 4.79 Å². The molecule has 1 aromatic heterocycles. The molecular formula is C24H24N4O4. The molecule has 0 radical (unpaired) electrons. The van der Waals surface area contributed by atoms with Crippen LogP contribution in [-0.2, 0) is 6.54 Å². The van der Waals surface area contributed by atoms with Gasteiger partial charge in [-0.25, -0.2) is 4.98 Å². The van der Waals surface area contributed by atoms with Crippen LogP contribution < -0.4 is 19.9 Å². The number of hydrogen-bond acceptors (Lipinski definition) is 7. The van der Waals surface area contributed by atoms with E-state index in [1.54, 1.807) is 42.6 Å². The normalized spacial score (nSPS) is 15.6. The van der Waals surface area contributed by atoms with Gasteiger partial charge in [-0.3, -0.25) is 9.69 Å². The third-order valence-corrected chi connectivity index (χ3v) is 5.59. The van der Waals surface area contributed by atoms with Crippen LogP contribution in [0.15, 0.2) is 60.8 Å². The zero-order valence-corrected chi connectivity index (χ0v) is 17.6. The first-order valence-electron chi connectivity index (χ1n) is 10.5. The molecule has 2 aromatic carbocycles. The van der Waals surface area contributed by atoms with E-state index in [1.165, 1.54) is 5.56 Å². The number of hydrogen-bond donors (Lipinski definition) is 1. The Balaban J connectivity index is 1.14. The second-order valence-corrected chi connectivity index (χ2v) is 7.81. The van der Waals surface area contributed by atoms with Crippen molar-refractivity contribution in [1.82, 2.24) is 14.8 Å². The zero-order valence-electron chi connectivity index (χ0n) is 17.6. The van der Waals surface area contributed by atoms with E-state index in [0.29, 0.717) is 36.0 Å². The number of pyridine rings is 1. The Hall–Kier alpha value is -3.78. The molecule has 164 valence electrons. The summed E-state index contributed by atoms with van der Waals surface area (Å²) < 4.78 is 16.5. The second-order valence-electron chi connectivity index (χ2n) is 7.81. The summed E-state index contributed by atoms with van der Waals surface area (Å²) in [4.78, 5) is 21.3. The van der Waals surface area contributed by atoms with Crippen LogP contribution in [0.4, 0.5) is 5.69 Å². The lowest BCUT2D eigenvalue weighted by molar-refractivity contribution is 0.0628. The minimum atomic E-state index is 0.0323. The van der Waals surface area contributed by atoms with Gasteiger partial charge < -0.3 is 24.8 Å². The maximum absolute atomic E-state index is 12.9. The monoisotopic (exact) mass is 432 g/mol. The number of fused-ring (bicyclic) bond motifs is 1. The minimum Gasteiger partial charge on any atom is -0.454 e. The third kappa shape index (κ3) is 4.45. The number of amides is 1. The predicted octanol–water partition coefficient (Wildman–Crippen LogP) is 3.14. The molecule has 8 nitrogen and oxygen atoms in total. The number of piperazine rings is 1. The summed E-state index contributed by atoms with van der Waals surface area (Å²) in [5.41, 5.74) is 8.04. The predicted molar refractivity (Wildman–Crippen MR) is 119 cm³/mol. The van der Waals surface area contributed by atoms with Crippen LogP contribution >= 0.6 is 0 Å². The third-order valence-electron chi connectivity index (χ3n) is 5.59. The molecule has 3 heterocycles. The lowest BCUT2D eigenvalue weighted by Crippen LogP contribution is -2.48. The largest absolute Gasteiger partial charge is 0.454 e. The lowest BCUT2D eigenvalue weighted by Gasteiger charge is -2.34. The number of carbonyl (C=O) groups is 1. The van der Waals surface area contributed by atoms with E-state index in [-0.39, 0.29) is 12.7 Å². The fraction of sp³-hybridized carbons (Fsp3) is 0.250. The molecule has 5 rings (SSSR count). The fourth-order valence-corrected chi connectivity index (χ4v) is 3.83. The number of nitrogens with zero attached hydrogens (tertiary/aromatic N) is 3. The highest BCUT2D eigenvalue weighted by Crippen LogP contribution is 2.33. The Bertz CT molecular complexity index is 1090. The van der Waals surface area contributed by atoms with Gasteiger partial charge >= 0.3 is 0 Å². The number of carbonyl (C=O) groups excluding carboxylic acids is 1. The summed E-state index contributed by atoms with van der Waals surface area (Å²) in [6.07, 6.45) is 1.54. The highest BCUT2D eigenvalue weighted by Gasteiger charge is 2.23. The van der Waals surface area contributed by atoms with Gasteiger partial charge in [0.25, 0.3) is 5.91 Å². The van der Waals surface area contributed by atoms with E-state index in [2.05, 4.69) is 16.0 Å². The molecule has 1 fully saturated rings. The fourth-order valence-electron chi connectivity index (χ4n) is 3.83. The Morgan fingerprint density at radius 2 is 1.75 bits per heavy atom. The van der Waals surface area contributed by atoms with Crippen LogP contribution in [0.3, 0.4) is 0 Å². The van der Waals surface area contributed by atoms with E-state index < -0.39 is 0 Å². The number of benzene rings is 2. The Labute approximate surface area is 186 Å². The Morgan fingerprint density at radius 1 is 0.969 bits per heavy atom. The summed E-state index contributed by atoms with van der Waals surface area (Å²) in [6, 6.07) is 16.6. The molecule has 0 saturated carbocycles. The van der Waals surface area contributed by atoms with Crippen molar-refractivity contribution in [3.63, 3.8) is 0 Å². The SMILES string of the molecule is Nc1ccc(Oc2ccc(C(=O)N3CCN(Cc4ccc5c(c4)OCO5)CC3)cc2)nc1. The van der Waals surface area contributed by atoms with E-state index in [0.717, 1.165) is 31.1 Å². The number of nitrogens with two attached hydrogens (primary N) is 1. The van der Waals surface area contributed by atoms with Gasteiger partial charge in [0.15, 0.2) is 11.5 Å². The van der Waals surface area contributed by atoms with Crippen molar-refractivity contribution >= 4 is 11.6 Å². The highest BCUT2D eigenvalue weighted by atomic mass is 16.7. The van der Waals surface area contributed by atoms with Gasteiger partial charge in [-0.1, -0.05) is 6.07 Å². The van der Waals surface area contributed by atoms with Gasteiger partial charge in [0.05, 0.1) is 11.9 Å². The molecule has 32 heavy (non-hydrogen) atoms. The summed E-state index contributed by atoms with van der Waals surface area (Å²) in [5, 5.41) is 0. The second kappa shape index (κ2) is 8.76. The molecular weight excluding hydrogens is 408 g/mol. The van der Waals surface area contributed by atoms with Gasteiger partial charge in [0.1, 0.15) is 5.75 Å². The minimum absolute atomic E-state index is 0.0323. The Kier molecular flexibility index (Phi) is 5.51. The van der Waals surface area contributed by atoms with Crippen molar-refractivity contribution in [3.05, 3.63) is 71.9 Å². The quantitative estimate of drug-likeness (QED) is 0.662. The van der Waals surface area contributed by atoms with Crippen molar-refractivity contribution in [3.8, 4) is 23.1 Å². The average molecular weight is 432 g/mol. The summed E-state index contributed by atoms with van der Waals surface area (Å²) in [5.74, 6) is 2.70. The van der Waals surface area contributed by atoms with Crippen LogP contribution in [0.25, 0.3) is 0 Å². The first-order chi connectivity index (χ1) is 15.6. The van der Waals surface area contributed by atoms with Crippen molar-refractivity contribution in [1.29, 1.82) is 0 Å². The molecule has 1 saturated heterocycles. The van der Waals surface area contributed by atoms with Crippen molar-refractivity contribution in [2.45, 2.75) is 6.54 Å². The molecule has 2 aliphatic heterocycles. The number of nitrogen functional groups attached to an aromatic ring is 1. The van der Waals surface area contributed by atoms with Crippen LogP contribution in [0.5, 0.6) is 23.1 Å². The van der Waals surface area contributed by atoms with Crippen molar-refractivity contribution in [2.24, 2.45) is 0 Å². The van der Waals surface area contributed by atoms with Gasteiger partial charge in [0.2, 0.25) is 12.7 Å². The molecule has 0 unspecified atom stereocenters. The van der Waals surface area contributed by atoms with Gasteiger partial charge in [-0.2, -0.15) is 0 Å². The number of ether oxygens (including phenoxy) is 3. The van der Waals surface area contributed by atoms with E-state index >= 15 is 0 Å². The molecule has 8 heteroatoms.